The highest BCUT2D eigenvalue weighted by atomic mass is 16.3. The number of aliphatic hydroxyl groups excluding tert-OH is 1. The molecular formula is C17H24N2O. The van der Waals surface area contributed by atoms with E-state index in [2.05, 4.69) is 43.5 Å². The van der Waals surface area contributed by atoms with E-state index in [-0.39, 0.29) is 0 Å². The summed E-state index contributed by atoms with van der Waals surface area (Å²) in [5, 5.41) is 10.3. The molecule has 0 spiro atoms. The number of aromatic nitrogens is 1. The third kappa shape index (κ3) is 3.23. The summed E-state index contributed by atoms with van der Waals surface area (Å²) in [6, 6.07) is 12.3. The quantitative estimate of drug-likeness (QED) is 0.874. The fourth-order valence-electron chi connectivity index (χ4n) is 2.32. The topological polar surface area (TPSA) is 37.2 Å². The molecule has 0 fully saturated rings. The third-order valence-corrected chi connectivity index (χ3v) is 3.70. The summed E-state index contributed by atoms with van der Waals surface area (Å²) < 4.78 is 2.01. The van der Waals surface area contributed by atoms with E-state index in [9.17, 15) is 5.11 Å². The lowest BCUT2D eigenvalue weighted by atomic mass is 10.00. The van der Waals surface area contributed by atoms with Crippen LogP contribution in [0.25, 0.3) is 0 Å². The molecule has 1 heterocycles. The highest BCUT2D eigenvalue weighted by molar-refractivity contribution is 5.26. The van der Waals surface area contributed by atoms with Crippen molar-refractivity contribution in [3.05, 3.63) is 58.9 Å². The fraction of sp³-hybridized carbons (Fsp3) is 0.412. The molecule has 0 bridgehead atoms. The predicted molar refractivity (Wildman–Crippen MR) is 83.6 cm³/mol. The van der Waals surface area contributed by atoms with E-state index in [0.29, 0.717) is 12.5 Å². The van der Waals surface area contributed by atoms with Crippen LogP contribution in [0, 0.1) is 13.8 Å². The lowest BCUT2D eigenvalue weighted by molar-refractivity contribution is 0.188. The number of hydrogen-bond donors (Lipinski definition) is 2. The van der Waals surface area contributed by atoms with Crippen LogP contribution in [0.3, 0.4) is 0 Å². The minimum atomic E-state index is -0.502. The van der Waals surface area contributed by atoms with Crippen molar-refractivity contribution in [1.29, 1.82) is 0 Å². The monoisotopic (exact) mass is 272 g/mol. The highest BCUT2D eigenvalue weighted by Crippen LogP contribution is 2.18. The van der Waals surface area contributed by atoms with Crippen LogP contribution in [-0.4, -0.2) is 16.3 Å². The Morgan fingerprint density at radius 1 is 0.950 bits per heavy atom. The molecule has 1 aromatic carbocycles. The van der Waals surface area contributed by atoms with E-state index in [1.54, 1.807) is 0 Å². The highest BCUT2D eigenvalue weighted by Gasteiger charge is 2.09. The zero-order valence-electron chi connectivity index (χ0n) is 12.7. The van der Waals surface area contributed by atoms with Gasteiger partial charge in [-0.3, -0.25) is 4.68 Å². The number of nitrogens with one attached hydrogen (secondary N) is 1. The summed E-state index contributed by atoms with van der Waals surface area (Å²) in [7, 11) is 0. The van der Waals surface area contributed by atoms with Gasteiger partial charge in [-0.1, -0.05) is 38.1 Å². The van der Waals surface area contributed by atoms with Crippen LogP contribution in [0.1, 0.15) is 48.4 Å². The average Bonchev–Trinajstić information content (AvgIpc) is 2.75. The molecule has 0 saturated heterocycles. The average molecular weight is 272 g/mol. The van der Waals surface area contributed by atoms with Crippen LogP contribution in [0.2, 0.25) is 0 Å². The molecule has 3 heteroatoms. The summed E-state index contributed by atoms with van der Waals surface area (Å²) in [6.07, 6.45) is -0.502. The fourth-order valence-corrected chi connectivity index (χ4v) is 2.32. The van der Waals surface area contributed by atoms with Crippen LogP contribution in [0.15, 0.2) is 36.4 Å². The van der Waals surface area contributed by atoms with Gasteiger partial charge in [0.2, 0.25) is 0 Å². The molecule has 0 saturated carbocycles. The van der Waals surface area contributed by atoms with Gasteiger partial charge in [-0.25, -0.2) is 0 Å². The Balaban J connectivity index is 2.00. The molecule has 2 rings (SSSR count). The predicted octanol–water partition coefficient (Wildman–Crippen LogP) is 3.51. The maximum atomic E-state index is 10.3. The van der Waals surface area contributed by atoms with Gasteiger partial charge in [0, 0.05) is 11.4 Å². The molecule has 0 aliphatic heterocycles. The third-order valence-electron chi connectivity index (χ3n) is 3.70. The lowest BCUT2D eigenvalue weighted by Crippen LogP contribution is -2.23. The number of rotatable bonds is 5. The molecule has 0 amide bonds. The van der Waals surface area contributed by atoms with Gasteiger partial charge >= 0.3 is 0 Å². The van der Waals surface area contributed by atoms with E-state index in [4.69, 9.17) is 0 Å². The van der Waals surface area contributed by atoms with Crippen LogP contribution in [0.4, 0.5) is 0 Å². The van der Waals surface area contributed by atoms with Crippen LogP contribution in [0.5, 0.6) is 0 Å². The molecular weight excluding hydrogens is 248 g/mol. The number of benzene rings is 1. The van der Waals surface area contributed by atoms with Gasteiger partial charge in [0.05, 0.1) is 12.6 Å². The maximum Gasteiger partial charge on any atom is 0.0978 e. The second-order valence-electron chi connectivity index (χ2n) is 5.65. The summed E-state index contributed by atoms with van der Waals surface area (Å²) in [5.74, 6) is 0.518. The van der Waals surface area contributed by atoms with E-state index in [0.717, 1.165) is 17.0 Å². The van der Waals surface area contributed by atoms with Gasteiger partial charge in [-0.05, 0) is 43.0 Å². The van der Waals surface area contributed by atoms with Crippen molar-refractivity contribution in [1.82, 2.24) is 4.68 Å². The first-order chi connectivity index (χ1) is 9.49. The molecule has 2 N–H and O–H groups in total. The first-order valence-electron chi connectivity index (χ1n) is 7.15. The molecule has 20 heavy (non-hydrogen) atoms. The molecule has 108 valence electrons. The Morgan fingerprint density at radius 3 is 1.95 bits per heavy atom. The summed E-state index contributed by atoms with van der Waals surface area (Å²) in [5.41, 5.74) is 7.80. The molecule has 0 aliphatic rings. The van der Waals surface area contributed by atoms with Crippen molar-refractivity contribution >= 4 is 0 Å². The largest absolute Gasteiger partial charge is 0.387 e. The molecule has 0 radical (unpaired) electrons. The number of hydrogen-bond acceptors (Lipinski definition) is 2. The van der Waals surface area contributed by atoms with Crippen molar-refractivity contribution in [2.75, 3.05) is 12.0 Å². The first kappa shape index (κ1) is 14.7. The zero-order valence-corrected chi connectivity index (χ0v) is 12.7. The Kier molecular flexibility index (Phi) is 4.50. The normalized spacial score (nSPS) is 12.7. The SMILES string of the molecule is Cc1ccc(C)n1NCC(O)c1ccc(C(C)C)cc1. The van der Waals surface area contributed by atoms with Gasteiger partial charge in [0.25, 0.3) is 0 Å². The van der Waals surface area contributed by atoms with Crippen LogP contribution >= 0.6 is 0 Å². The second-order valence-corrected chi connectivity index (χ2v) is 5.65. The number of nitrogens with zero attached hydrogens (tertiary/aromatic N) is 1. The summed E-state index contributed by atoms with van der Waals surface area (Å²) in [4.78, 5) is 0. The lowest BCUT2D eigenvalue weighted by Gasteiger charge is -2.17. The van der Waals surface area contributed by atoms with E-state index in [1.165, 1.54) is 5.56 Å². The molecule has 0 aliphatic carbocycles. The van der Waals surface area contributed by atoms with Crippen molar-refractivity contribution in [2.24, 2.45) is 0 Å². The number of aliphatic hydroxyl groups is 1. The van der Waals surface area contributed by atoms with Crippen molar-refractivity contribution in [2.45, 2.75) is 39.7 Å². The number of aryl methyl sites for hydroxylation is 2. The molecule has 2 aromatic rings. The van der Waals surface area contributed by atoms with Crippen molar-refractivity contribution in [3.8, 4) is 0 Å². The van der Waals surface area contributed by atoms with E-state index < -0.39 is 6.10 Å². The first-order valence-corrected chi connectivity index (χ1v) is 7.15. The van der Waals surface area contributed by atoms with Crippen molar-refractivity contribution in [3.63, 3.8) is 0 Å². The standard InChI is InChI=1S/C17H24N2O/c1-12(2)15-7-9-16(10-8-15)17(20)11-18-19-13(3)5-6-14(19)4/h5-10,12,17-18,20H,11H2,1-4H3. The zero-order chi connectivity index (χ0) is 14.7. The smallest absolute Gasteiger partial charge is 0.0978 e. The Hall–Kier alpha value is -1.74. The van der Waals surface area contributed by atoms with Gasteiger partial charge in [0.1, 0.15) is 0 Å². The van der Waals surface area contributed by atoms with E-state index >= 15 is 0 Å². The van der Waals surface area contributed by atoms with Crippen molar-refractivity contribution < 1.29 is 5.11 Å². The summed E-state index contributed by atoms with van der Waals surface area (Å²) in [6.45, 7) is 8.93. The molecule has 1 aromatic heterocycles. The van der Waals surface area contributed by atoms with Crippen LogP contribution in [-0.2, 0) is 0 Å². The van der Waals surface area contributed by atoms with Gasteiger partial charge < -0.3 is 10.5 Å². The minimum absolute atomic E-state index is 0.497. The van der Waals surface area contributed by atoms with Gasteiger partial charge in [0.15, 0.2) is 0 Å². The molecule has 1 unspecified atom stereocenters. The van der Waals surface area contributed by atoms with Gasteiger partial charge in [-0.2, -0.15) is 0 Å². The Morgan fingerprint density at radius 2 is 1.45 bits per heavy atom. The molecule has 1 atom stereocenters. The van der Waals surface area contributed by atoms with E-state index in [1.807, 2.05) is 30.7 Å². The summed E-state index contributed by atoms with van der Waals surface area (Å²) >= 11 is 0. The Labute approximate surface area is 121 Å². The second kappa shape index (κ2) is 6.14. The minimum Gasteiger partial charge on any atom is -0.387 e. The van der Waals surface area contributed by atoms with Gasteiger partial charge in [-0.15, -0.1) is 0 Å². The Bertz CT molecular complexity index is 535. The van der Waals surface area contributed by atoms with Crippen LogP contribution < -0.4 is 5.43 Å². The molecule has 3 nitrogen and oxygen atoms in total. The maximum absolute atomic E-state index is 10.3.